The summed E-state index contributed by atoms with van der Waals surface area (Å²) in [6, 6.07) is 50.2. The molecule has 0 spiro atoms. The highest BCUT2D eigenvalue weighted by molar-refractivity contribution is 7.36. The van der Waals surface area contributed by atoms with Crippen LogP contribution in [0.2, 0.25) is 0 Å². The Kier molecular flexibility index (Phi) is 9.83. The minimum atomic E-state index is -3.76. The lowest BCUT2D eigenvalue weighted by atomic mass is 9.50. The van der Waals surface area contributed by atoms with Gasteiger partial charge in [0.2, 0.25) is 0 Å². The lowest BCUT2D eigenvalue weighted by molar-refractivity contribution is 0.119. The minimum Gasteiger partial charge on any atom is -0.236 e. The largest absolute Gasteiger partial charge is 0.331 e. The highest BCUT2D eigenvalue weighted by Crippen LogP contribution is 2.79. The normalized spacial score (nSPS) is 12.2. The van der Waals surface area contributed by atoms with Crippen molar-refractivity contribution in [3.05, 3.63) is 215 Å². The molecule has 0 aliphatic carbocycles. The molecule has 0 N–H and O–H groups in total. The second-order valence-electron chi connectivity index (χ2n) is 12.2. The zero-order chi connectivity index (χ0) is 35.4. The van der Waals surface area contributed by atoms with Crippen LogP contribution in [0.15, 0.2) is 182 Å². The topological polar surface area (TPSA) is 102 Å². The van der Waals surface area contributed by atoms with Crippen molar-refractivity contribution in [2.75, 3.05) is 0 Å². The number of hydrogen-bond acceptors (Lipinski definition) is 6. The molecule has 0 amide bonds. The van der Waals surface area contributed by atoms with E-state index >= 15 is 0 Å². The number of benzene rings is 6. The summed E-state index contributed by atoms with van der Waals surface area (Å²) in [5, 5.41) is -6.98. The van der Waals surface area contributed by atoms with E-state index in [1.54, 1.807) is 182 Å². The standard InChI is InChI=1S/C41H33O6P3/c1-38(39(48(42)43,32-20-8-2-9-21-32)33-22-10-3-11-23-33,40(49(44)45,34-24-12-4-13-25-34)35-26-14-5-15-27-35)41(50(46)47,36-28-16-6-17-29-36)37-30-18-7-19-31-37/h2-31H,1H3. The molecule has 0 heterocycles. The van der Waals surface area contributed by atoms with Crippen molar-refractivity contribution in [3.8, 4) is 0 Å². The first-order valence-electron chi connectivity index (χ1n) is 16.0. The third-order valence-electron chi connectivity index (χ3n) is 10.1. The minimum absolute atomic E-state index is 0.214. The van der Waals surface area contributed by atoms with Crippen molar-refractivity contribution < 1.29 is 27.4 Å². The first kappa shape index (κ1) is 34.9. The molecule has 0 atom stereocenters. The van der Waals surface area contributed by atoms with Crippen LogP contribution in [0.3, 0.4) is 0 Å². The van der Waals surface area contributed by atoms with Crippen molar-refractivity contribution in [1.82, 2.24) is 0 Å². The molecule has 248 valence electrons. The van der Waals surface area contributed by atoms with Gasteiger partial charge in [0, 0.05) is 5.41 Å². The van der Waals surface area contributed by atoms with Crippen LogP contribution in [0, 0.1) is 5.41 Å². The summed E-state index contributed by atoms with van der Waals surface area (Å²) in [5.74, 6) is 0. The summed E-state index contributed by atoms with van der Waals surface area (Å²) in [7, 11) is -11.3. The summed E-state index contributed by atoms with van der Waals surface area (Å²) in [6.45, 7) is 1.54. The summed E-state index contributed by atoms with van der Waals surface area (Å²) >= 11 is 0. The van der Waals surface area contributed by atoms with Crippen LogP contribution in [0.25, 0.3) is 0 Å². The molecule has 0 aliphatic heterocycles. The zero-order valence-electron chi connectivity index (χ0n) is 27.1. The Morgan fingerprint density at radius 3 is 0.540 bits per heavy atom. The molecule has 6 aromatic rings. The third kappa shape index (κ3) is 4.94. The highest BCUT2D eigenvalue weighted by Gasteiger charge is 2.78. The fraction of sp³-hybridized carbons (Fsp3) is 0.122. The Hall–Kier alpha value is -4.98. The maximum absolute atomic E-state index is 15.0. The van der Waals surface area contributed by atoms with E-state index in [0.29, 0.717) is 0 Å². The first-order chi connectivity index (χ1) is 24.2. The quantitative estimate of drug-likeness (QED) is 0.117. The van der Waals surface area contributed by atoms with Crippen molar-refractivity contribution in [1.29, 1.82) is 0 Å². The highest BCUT2D eigenvalue weighted by atomic mass is 31.1. The van der Waals surface area contributed by atoms with E-state index in [2.05, 4.69) is 0 Å². The molecular weight excluding hydrogens is 681 g/mol. The summed E-state index contributed by atoms with van der Waals surface area (Å²) in [5.41, 5.74) is -1.08. The molecule has 6 rings (SSSR count). The number of hydrogen-bond donors (Lipinski definition) is 0. The molecule has 6 nitrogen and oxygen atoms in total. The monoisotopic (exact) mass is 714 g/mol. The first-order valence-corrected chi connectivity index (χ1v) is 19.5. The van der Waals surface area contributed by atoms with E-state index in [0.717, 1.165) is 0 Å². The van der Waals surface area contributed by atoms with Crippen molar-refractivity contribution in [2.45, 2.75) is 22.4 Å². The predicted octanol–water partition coefficient (Wildman–Crippen LogP) is 11.3. The molecule has 0 saturated heterocycles. The zero-order valence-corrected chi connectivity index (χ0v) is 29.8. The molecule has 0 bridgehead atoms. The Bertz CT molecular complexity index is 1890. The van der Waals surface area contributed by atoms with Crippen LogP contribution < -0.4 is 0 Å². The van der Waals surface area contributed by atoms with E-state index < -0.39 is 43.9 Å². The Labute approximate surface area is 292 Å². The molecule has 0 aromatic heterocycles. The summed E-state index contributed by atoms with van der Waals surface area (Å²) in [6.07, 6.45) is 0. The van der Waals surface area contributed by atoms with E-state index in [-0.39, 0.29) is 33.4 Å². The van der Waals surface area contributed by atoms with E-state index in [1.807, 2.05) is 0 Å². The maximum Gasteiger partial charge on any atom is 0.331 e. The average molecular weight is 715 g/mol. The van der Waals surface area contributed by atoms with E-state index in [9.17, 15) is 27.4 Å². The van der Waals surface area contributed by atoms with Crippen molar-refractivity contribution >= 4 is 23.0 Å². The van der Waals surface area contributed by atoms with Crippen LogP contribution in [0.4, 0.5) is 0 Å². The van der Waals surface area contributed by atoms with Gasteiger partial charge in [0.15, 0.2) is 0 Å². The van der Waals surface area contributed by atoms with Crippen molar-refractivity contribution in [2.24, 2.45) is 5.41 Å². The van der Waals surface area contributed by atoms with Gasteiger partial charge in [0.05, 0.1) is 0 Å². The van der Waals surface area contributed by atoms with Crippen molar-refractivity contribution in [3.63, 3.8) is 0 Å². The van der Waals surface area contributed by atoms with Crippen LogP contribution in [-0.4, -0.2) is 0 Å². The van der Waals surface area contributed by atoms with E-state index in [1.165, 1.54) is 6.92 Å². The molecular formula is C41H33O6P3. The van der Waals surface area contributed by atoms with Crippen LogP contribution in [-0.2, 0) is 42.9 Å². The lowest BCUT2D eigenvalue weighted by Gasteiger charge is -2.60. The molecule has 6 aromatic carbocycles. The van der Waals surface area contributed by atoms with Gasteiger partial charge in [-0.1, -0.05) is 189 Å². The van der Waals surface area contributed by atoms with Crippen LogP contribution in [0.5, 0.6) is 0 Å². The third-order valence-corrected chi connectivity index (χ3v) is 14.7. The fourth-order valence-corrected chi connectivity index (χ4v) is 12.8. The van der Waals surface area contributed by atoms with Gasteiger partial charge in [0.25, 0.3) is 0 Å². The van der Waals surface area contributed by atoms with Gasteiger partial charge < -0.3 is 0 Å². The van der Waals surface area contributed by atoms with E-state index in [4.69, 9.17) is 0 Å². The second kappa shape index (κ2) is 14.1. The van der Waals surface area contributed by atoms with Gasteiger partial charge in [-0.25, -0.2) is 27.4 Å². The Morgan fingerprint density at radius 2 is 0.420 bits per heavy atom. The fourth-order valence-electron chi connectivity index (χ4n) is 8.27. The second-order valence-corrected chi connectivity index (χ2v) is 15.8. The Balaban J connectivity index is 2.09. The van der Waals surface area contributed by atoms with Gasteiger partial charge in [-0.05, 0) is 33.4 Å². The molecule has 9 heteroatoms. The smallest absolute Gasteiger partial charge is 0.236 e. The van der Waals surface area contributed by atoms with Gasteiger partial charge >= 0.3 is 23.0 Å². The molecule has 0 aliphatic rings. The molecule has 0 fully saturated rings. The van der Waals surface area contributed by atoms with Gasteiger partial charge in [-0.15, -0.1) is 0 Å². The van der Waals surface area contributed by atoms with Crippen LogP contribution in [0.1, 0.15) is 40.3 Å². The maximum atomic E-state index is 15.0. The van der Waals surface area contributed by atoms with Crippen LogP contribution >= 0.6 is 23.0 Å². The molecule has 50 heavy (non-hydrogen) atoms. The van der Waals surface area contributed by atoms with Gasteiger partial charge in [-0.3, -0.25) is 0 Å². The summed E-state index contributed by atoms with van der Waals surface area (Å²) < 4.78 is 89.9. The lowest BCUT2D eigenvalue weighted by Crippen LogP contribution is -2.63. The number of rotatable bonds is 12. The van der Waals surface area contributed by atoms with Gasteiger partial charge in [0.1, 0.15) is 15.5 Å². The van der Waals surface area contributed by atoms with Gasteiger partial charge in [-0.2, -0.15) is 0 Å². The summed E-state index contributed by atoms with van der Waals surface area (Å²) in [4.78, 5) is 0. The Morgan fingerprint density at radius 1 is 0.280 bits per heavy atom. The average Bonchev–Trinajstić information content (AvgIpc) is 3.15. The molecule has 0 radical (unpaired) electrons. The molecule has 0 unspecified atom stereocenters. The molecule has 0 saturated carbocycles. The predicted molar refractivity (Wildman–Crippen MR) is 194 cm³/mol. The SMILES string of the molecule is CC(C(c1ccccc1)(c1ccccc1)P(=O)=O)(C(c1ccccc1)(c1ccccc1)P(=O)=O)C(c1ccccc1)(c1ccccc1)P(=O)=O.